The molecule has 0 spiro atoms. The maximum atomic E-state index is 12.9. The fourth-order valence-electron chi connectivity index (χ4n) is 3.00. The number of halogens is 2. The molecular formula is C18H21Cl2N2O3S+. The van der Waals surface area contributed by atoms with Crippen LogP contribution in [-0.4, -0.2) is 41.3 Å². The summed E-state index contributed by atoms with van der Waals surface area (Å²) in [5.41, 5.74) is 0.920. The SMILES string of the molecule is O=S(=O)(N[C@H](C[NH+]1CCOCC1)c1ccccc1)c1cc(Cl)cc(Cl)c1. The Morgan fingerprint density at radius 1 is 1.04 bits per heavy atom. The summed E-state index contributed by atoms with van der Waals surface area (Å²) in [4.78, 5) is 1.37. The number of sulfonamides is 1. The smallest absolute Gasteiger partial charge is 0.241 e. The Labute approximate surface area is 163 Å². The van der Waals surface area contributed by atoms with Gasteiger partial charge in [0.2, 0.25) is 10.0 Å². The Morgan fingerprint density at radius 2 is 1.65 bits per heavy atom. The average Bonchev–Trinajstić information content (AvgIpc) is 2.62. The van der Waals surface area contributed by atoms with Crippen molar-refractivity contribution in [2.45, 2.75) is 10.9 Å². The predicted octanol–water partition coefficient (Wildman–Crippen LogP) is 1.93. The van der Waals surface area contributed by atoms with Crippen molar-refractivity contribution in [2.75, 3.05) is 32.8 Å². The van der Waals surface area contributed by atoms with E-state index in [2.05, 4.69) is 4.72 Å². The summed E-state index contributed by atoms with van der Waals surface area (Å²) in [6.45, 7) is 3.73. The predicted molar refractivity (Wildman–Crippen MR) is 102 cm³/mol. The van der Waals surface area contributed by atoms with E-state index >= 15 is 0 Å². The van der Waals surface area contributed by atoms with Crippen molar-refractivity contribution in [2.24, 2.45) is 0 Å². The van der Waals surface area contributed by atoms with Gasteiger partial charge >= 0.3 is 0 Å². The molecule has 2 N–H and O–H groups in total. The Hall–Kier alpha value is -1.15. The molecule has 0 radical (unpaired) electrons. The molecule has 0 aliphatic carbocycles. The van der Waals surface area contributed by atoms with Gasteiger partial charge < -0.3 is 9.64 Å². The first-order valence-electron chi connectivity index (χ1n) is 8.39. The van der Waals surface area contributed by atoms with E-state index in [1.807, 2.05) is 30.3 Å². The molecule has 140 valence electrons. The van der Waals surface area contributed by atoms with Crippen LogP contribution in [0, 0.1) is 0 Å². The van der Waals surface area contributed by atoms with Gasteiger partial charge in [0.05, 0.1) is 30.7 Å². The molecule has 1 fully saturated rings. The zero-order valence-corrected chi connectivity index (χ0v) is 16.4. The monoisotopic (exact) mass is 415 g/mol. The molecule has 1 heterocycles. The second-order valence-electron chi connectivity index (χ2n) is 6.26. The maximum Gasteiger partial charge on any atom is 0.241 e. The Balaban J connectivity index is 1.86. The van der Waals surface area contributed by atoms with Crippen LogP contribution >= 0.6 is 23.2 Å². The summed E-state index contributed by atoms with van der Waals surface area (Å²) in [7, 11) is -3.77. The van der Waals surface area contributed by atoms with Gasteiger partial charge in [0.1, 0.15) is 13.1 Å². The molecule has 0 aromatic heterocycles. The van der Waals surface area contributed by atoms with E-state index in [1.54, 1.807) is 0 Å². The molecule has 0 unspecified atom stereocenters. The number of ether oxygens (including phenoxy) is 1. The quantitative estimate of drug-likeness (QED) is 0.757. The zero-order valence-electron chi connectivity index (χ0n) is 14.1. The third kappa shape index (κ3) is 5.19. The lowest BCUT2D eigenvalue weighted by Gasteiger charge is -2.28. The first kappa shape index (κ1) is 19.6. The van der Waals surface area contributed by atoms with E-state index in [1.165, 1.54) is 23.1 Å². The third-order valence-electron chi connectivity index (χ3n) is 4.34. The molecule has 0 bridgehead atoms. The highest BCUT2D eigenvalue weighted by Gasteiger charge is 2.27. The third-order valence-corrected chi connectivity index (χ3v) is 6.23. The first-order valence-corrected chi connectivity index (χ1v) is 10.6. The van der Waals surface area contributed by atoms with Gasteiger partial charge in [0.25, 0.3) is 0 Å². The number of rotatable bonds is 6. The molecule has 26 heavy (non-hydrogen) atoms. The fourth-order valence-corrected chi connectivity index (χ4v) is 4.95. The number of hydrogen-bond donors (Lipinski definition) is 2. The van der Waals surface area contributed by atoms with Crippen molar-refractivity contribution < 1.29 is 18.1 Å². The van der Waals surface area contributed by atoms with Crippen LogP contribution in [0.2, 0.25) is 10.0 Å². The van der Waals surface area contributed by atoms with E-state index in [-0.39, 0.29) is 21.0 Å². The van der Waals surface area contributed by atoms with Crippen molar-refractivity contribution in [1.82, 2.24) is 4.72 Å². The van der Waals surface area contributed by atoms with Gasteiger partial charge in [-0.15, -0.1) is 0 Å². The van der Waals surface area contributed by atoms with Crippen molar-refractivity contribution in [3.8, 4) is 0 Å². The largest absolute Gasteiger partial charge is 0.370 e. The van der Waals surface area contributed by atoms with Crippen LogP contribution in [0.25, 0.3) is 0 Å². The molecule has 1 saturated heterocycles. The molecule has 2 aromatic carbocycles. The van der Waals surface area contributed by atoms with Crippen LogP contribution < -0.4 is 9.62 Å². The van der Waals surface area contributed by atoms with Gasteiger partial charge in [0, 0.05) is 10.0 Å². The molecule has 0 saturated carbocycles. The lowest BCUT2D eigenvalue weighted by molar-refractivity contribution is -0.909. The molecule has 1 aliphatic rings. The van der Waals surface area contributed by atoms with Crippen LogP contribution in [0.15, 0.2) is 53.4 Å². The van der Waals surface area contributed by atoms with Crippen LogP contribution in [0.1, 0.15) is 11.6 Å². The highest BCUT2D eigenvalue weighted by atomic mass is 35.5. The molecule has 3 rings (SSSR count). The first-order chi connectivity index (χ1) is 12.4. The Morgan fingerprint density at radius 3 is 2.27 bits per heavy atom. The van der Waals surface area contributed by atoms with Crippen LogP contribution in [0.5, 0.6) is 0 Å². The molecule has 2 aromatic rings. The molecule has 5 nitrogen and oxygen atoms in total. The van der Waals surface area contributed by atoms with Crippen molar-refractivity contribution in [3.63, 3.8) is 0 Å². The molecule has 8 heteroatoms. The van der Waals surface area contributed by atoms with Crippen LogP contribution in [0.4, 0.5) is 0 Å². The minimum absolute atomic E-state index is 0.0629. The number of hydrogen-bond acceptors (Lipinski definition) is 3. The van der Waals surface area contributed by atoms with Gasteiger partial charge in [-0.05, 0) is 23.8 Å². The normalized spacial score (nSPS) is 17.2. The minimum Gasteiger partial charge on any atom is -0.370 e. The molecule has 0 amide bonds. The lowest BCUT2D eigenvalue weighted by atomic mass is 10.1. The van der Waals surface area contributed by atoms with Crippen molar-refractivity contribution in [3.05, 3.63) is 64.1 Å². The lowest BCUT2D eigenvalue weighted by Crippen LogP contribution is -3.14. The van der Waals surface area contributed by atoms with E-state index in [0.717, 1.165) is 18.7 Å². The van der Waals surface area contributed by atoms with E-state index in [9.17, 15) is 8.42 Å². The second-order valence-corrected chi connectivity index (χ2v) is 8.84. The molecule has 1 atom stereocenters. The molecule has 1 aliphatic heterocycles. The van der Waals surface area contributed by atoms with Crippen LogP contribution in [0.3, 0.4) is 0 Å². The minimum atomic E-state index is -3.77. The summed E-state index contributed by atoms with van der Waals surface area (Å²) < 4.78 is 34.0. The van der Waals surface area contributed by atoms with Crippen molar-refractivity contribution >= 4 is 33.2 Å². The van der Waals surface area contributed by atoms with E-state index in [0.29, 0.717) is 19.8 Å². The van der Waals surface area contributed by atoms with Gasteiger partial charge in [-0.1, -0.05) is 53.5 Å². The van der Waals surface area contributed by atoms with Gasteiger partial charge in [-0.3, -0.25) is 0 Å². The summed E-state index contributed by atoms with van der Waals surface area (Å²) in [6, 6.07) is 13.5. The standard InChI is InChI=1S/C18H20Cl2N2O3S/c19-15-10-16(20)12-17(11-15)26(23,24)21-18(14-4-2-1-3-5-14)13-22-6-8-25-9-7-22/h1-5,10-12,18,21H,6-9,13H2/p+1/t18-/m1/s1. The highest BCUT2D eigenvalue weighted by molar-refractivity contribution is 7.89. The second kappa shape index (κ2) is 8.69. The van der Waals surface area contributed by atoms with E-state index < -0.39 is 10.0 Å². The fraction of sp³-hybridized carbons (Fsp3) is 0.333. The maximum absolute atomic E-state index is 12.9. The highest BCUT2D eigenvalue weighted by Crippen LogP contribution is 2.23. The Bertz CT molecular complexity index is 821. The van der Waals surface area contributed by atoms with Gasteiger partial charge in [-0.25, -0.2) is 8.42 Å². The zero-order chi connectivity index (χ0) is 18.6. The summed E-state index contributed by atoms with van der Waals surface area (Å²) in [5.74, 6) is 0. The van der Waals surface area contributed by atoms with Gasteiger partial charge in [-0.2, -0.15) is 4.72 Å². The molecular weight excluding hydrogens is 395 g/mol. The van der Waals surface area contributed by atoms with Crippen molar-refractivity contribution in [1.29, 1.82) is 0 Å². The van der Waals surface area contributed by atoms with Gasteiger partial charge in [0.15, 0.2) is 0 Å². The van der Waals surface area contributed by atoms with Crippen LogP contribution in [-0.2, 0) is 14.8 Å². The topological polar surface area (TPSA) is 59.8 Å². The Kier molecular flexibility index (Phi) is 6.55. The average molecular weight is 416 g/mol. The number of quaternary nitrogens is 1. The summed E-state index contributed by atoms with van der Waals surface area (Å²) in [6.07, 6.45) is 0. The summed E-state index contributed by atoms with van der Waals surface area (Å²) >= 11 is 11.9. The number of benzene rings is 2. The number of nitrogens with one attached hydrogen (secondary N) is 2. The van der Waals surface area contributed by atoms with E-state index in [4.69, 9.17) is 27.9 Å². The summed E-state index contributed by atoms with van der Waals surface area (Å²) in [5, 5.41) is 0.570. The number of morpholine rings is 1.